The first-order valence-corrected chi connectivity index (χ1v) is 6.82. The summed E-state index contributed by atoms with van der Waals surface area (Å²) in [5.74, 6) is 0.720. The fourth-order valence-electron chi connectivity index (χ4n) is 2.67. The second kappa shape index (κ2) is 7.44. The highest BCUT2D eigenvalue weighted by Gasteiger charge is 2.21. The van der Waals surface area contributed by atoms with E-state index in [1.807, 2.05) is 12.4 Å². The van der Waals surface area contributed by atoms with Crippen LogP contribution in [-0.4, -0.2) is 12.0 Å². The molecule has 0 aliphatic rings. The molecule has 1 aromatic rings. The highest BCUT2D eigenvalue weighted by atomic mass is 14.9. The summed E-state index contributed by atoms with van der Waals surface area (Å²) in [6.07, 6.45) is 8.97. The number of rotatable bonds is 7. The molecule has 0 fully saturated rings. The normalized spacial score (nSPS) is 13.0. The molecule has 0 saturated carbocycles. The lowest BCUT2D eigenvalue weighted by molar-refractivity contribution is 0.329. The van der Waals surface area contributed by atoms with Gasteiger partial charge in [-0.3, -0.25) is 4.98 Å². The SMILES string of the molecule is CCCC(CCC)C(NC)c1cnccc1C. The Balaban J connectivity index is 2.91. The summed E-state index contributed by atoms with van der Waals surface area (Å²) in [5.41, 5.74) is 2.71. The first-order valence-electron chi connectivity index (χ1n) is 6.82. The van der Waals surface area contributed by atoms with Gasteiger partial charge < -0.3 is 5.32 Å². The lowest BCUT2D eigenvalue weighted by Gasteiger charge is -2.27. The molecule has 0 saturated heterocycles. The summed E-state index contributed by atoms with van der Waals surface area (Å²) in [5, 5.41) is 3.49. The fraction of sp³-hybridized carbons (Fsp3) is 0.667. The molecule has 0 aromatic carbocycles. The Morgan fingerprint density at radius 3 is 2.35 bits per heavy atom. The van der Waals surface area contributed by atoms with Gasteiger partial charge in [0.05, 0.1) is 0 Å². The molecule has 0 amide bonds. The van der Waals surface area contributed by atoms with E-state index in [2.05, 4.69) is 44.2 Å². The van der Waals surface area contributed by atoms with Crippen molar-refractivity contribution in [2.24, 2.45) is 5.92 Å². The molecule has 1 atom stereocenters. The molecule has 0 aliphatic heterocycles. The Morgan fingerprint density at radius 2 is 1.88 bits per heavy atom. The Bertz CT molecular complexity index is 316. The molecule has 17 heavy (non-hydrogen) atoms. The van der Waals surface area contributed by atoms with Crippen LogP contribution in [0, 0.1) is 12.8 Å². The van der Waals surface area contributed by atoms with Crippen LogP contribution in [0.25, 0.3) is 0 Å². The van der Waals surface area contributed by atoms with E-state index in [0.717, 1.165) is 5.92 Å². The van der Waals surface area contributed by atoms with Crippen molar-refractivity contribution in [1.29, 1.82) is 0 Å². The van der Waals surface area contributed by atoms with E-state index in [0.29, 0.717) is 6.04 Å². The number of aromatic nitrogens is 1. The van der Waals surface area contributed by atoms with Crippen molar-refractivity contribution in [3.05, 3.63) is 29.6 Å². The summed E-state index contributed by atoms with van der Waals surface area (Å²) in [6, 6.07) is 2.55. The van der Waals surface area contributed by atoms with Crippen molar-refractivity contribution in [2.75, 3.05) is 7.05 Å². The van der Waals surface area contributed by atoms with E-state index in [4.69, 9.17) is 0 Å². The first-order chi connectivity index (χ1) is 8.24. The molecule has 2 heteroatoms. The number of pyridine rings is 1. The quantitative estimate of drug-likeness (QED) is 0.774. The smallest absolute Gasteiger partial charge is 0.0364 e. The van der Waals surface area contributed by atoms with Crippen molar-refractivity contribution in [3.8, 4) is 0 Å². The number of nitrogens with one attached hydrogen (secondary N) is 1. The Morgan fingerprint density at radius 1 is 1.24 bits per heavy atom. The average Bonchev–Trinajstić information content (AvgIpc) is 2.33. The van der Waals surface area contributed by atoms with Crippen molar-refractivity contribution in [1.82, 2.24) is 10.3 Å². The van der Waals surface area contributed by atoms with Gasteiger partial charge in [-0.1, -0.05) is 26.7 Å². The Kier molecular flexibility index (Phi) is 6.20. The van der Waals surface area contributed by atoms with E-state index >= 15 is 0 Å². The molecule has 0 radical (unpaired) electrons. The number of aryl methyl sites for hydroxylation is 1. The van der Waals surface area contributed by atoms with Crippen LogP contribution in [0.2, 0.25) is 0 Å². The van der Waals surface area contributed by atoms with Gasteiger partial charge in [0, 0.05) is 18.4 Å². The first kappa shape index (κ1) is 14.2. The highest BCUT2D eigenvalue weighted by Crippen LogP contribution is 2.30. The monoisotopic (exact) mass is 234 g/mol. The predicted octanol–water partition coefficient (Wildman–Crippen LogP) is 3.87. The van der Waals surface area contributed by atoms with Crippen molar-refractivity contribution in [3.63, 3.8) is 0 Å². The molecule has 1 heterocycles. The molecule has 1 N–H and O–H groups in total. The third kappa shape index (κ3) is 3.81. The largest absolute Gasteiger partial charge is 0.313 e. The standard InChI is InChI=1S/C15H26N2/c1-5-7-13(8-6-2)15(16-4)14-11-17-10-9-12(14)3/h9-11,13,15-16H,5-8H2,1-4H3. The van der Waals surface area contributed by atoms with Crippen LogP contribution in [0.4, 0.5) is 0 Å². The van der Waals surface area contributed by atoms with Gasteiger partial charge in [-0.15, -0.1) is 0 Å². The second-order valence-electron chi connectivity index (χ2n) is 4.84. The van der Waals surface area contributed by atoms with E-state index in [1.165, 1.54) is 36.8 Å². The van der Waals surface area contributed by atoms with E-state index in [-0.39, 0.29) is 0 Å². The average molecular weight is 234 g/mol. The van der Waals surface area contributed by atoms with Gasteiger partial charge in [0.15, 0.2) is 0 Å². The minimum Gasteiger partial charge on any atom is -0.313 e. The van der Waals surface area contributed by atoms with Crippen molar-refractivity contribution in [2.45, 2.75) is 52.5 Å². The predicted molar refractivity (Wildman–Crippen MR) is 74.1 cm³/mol. The van der Waals surface area contributed by atoms with Gasteiger partial charge in [0.1, 0.15) is 0 Å². The molecule has 2 nitrogen and oxygen atoms in total. The highest BCUT2D eigenvalue weighted by molar-refractivity contribution is 5.25. The molecular weight excluding hydrogens is 208 g/mol. The maximum absolute atomic E-state index is 4.28. The maximum Gasteiger partial charge on any atom is 0.0364 e. The van der Waals surface area contributed by atoms with Gasteiger partial charge >= 0.3 is 0 Å². The van der Waals surface area contributed by atoms with Crippen LogP contribution >= 0.6 is 0 Å². The molecule has 1 rings (SSSR count). The third-order valence-electron chi connectivity index (χ3n) is 3.52. The lowest BCUT2D eigenvalue weighted by Crippen LogP contribution is -2.26. The summed E-state index contributed by atoms with van der Waals surface area (Å²) in [6.45, 7) is 6.72. The summed E-state index contributed by atoms with van der Waals surface area (Å²) in [7, 11) is 2.06. The van der Waals surface area contributed by atoms with Crippen LogP contribution in [-0.2, 0) is 0 Å². The van der Waals surface area contributed by atoms with Crippen LogP contribution in [0.15, 0.2) is 18.5 Å². The topological polar surface area (TPSA) is 24.9 Å². The zero-order valence-corrected chi connectivity index (χ0v) is 11.7. The van der Waals surface area contributed by atoms with Gasteiger partial charge in [0.2, 0.25) is 0 Å². The van der Waals surface area contributed by atoms with Crippen molar-refractivity contribution >= 4 is 0 Å². The summed E-state index contributed by atoms with van der Waals surface area (Å²) >= 11 is 0. The molecule has 0 aliphatic carbocycles. The van der Waals surface area contributed by atoms with Crippen LogP contribution in [0.5, 0.6) is 0 Å². The van der Waals surface area contributed by atoms with Gasteiger partial charge in [-0.05, 0) is 49.9 Å². The number of nitrogens with zero attached hydrogens (tertiary/aromatic N) is 1. The van der Waals surface area contributed by atoms with Crippen LogP contribution in [0.1, 0.15) is 56.7 Å². The van der Waals surface area contributed by atoms with Gasteiger partial charge in [-0.25, -0.2) is 0 Å². The summed E-state index contributed by atoms with van der Waals surface area (Å²) in [4.78, 5) is 4.28. The molecule has 96 valence electrons. The van der Waals surface area contributed by atoms with Gasteiger partial charge in [-0.2, -0.15) is 0 Å². The Hall–Kier alpha value is -0.890. The van der Waals surface area contributed by atoms with E-state index < -0.39 is 0 Å². The molecule has 1 aromatic heterocycles. The minimum absolute atomic E-state index is 0.448. The van der Waals surface area contributed by atoms with Crippen molar-refractivity contribution < 1.29 is 0 Å². The zero-order valence-electron chi connectivity index (χ0n) is 11.7. The van der Waals surface area contributed by atoms with E-state index in [1.54, 1.807) is 0 Å². The molecule has 0 bridgehead atoms. The lowest BCUT2D eigenvalue weighted by atomic mass is 9.85. The number of hydrogen-bond acceptors (Lipinski definition) is 2. The zero-order chi connectivity index (χ0) is 12.7. The maximum atomic E-state index is 4.28. The Labute approximate surface area is 106 Å². The molecular formula is C15H26N2. The van der Waals surface area contributed by atoms with E-state index in [9.17, 15) is 0 Å². The fourth-order valence-corrected chi connectivity index (χ4v) is 2.67. The second-order valence-corrected chi connectivity index (χ2v) is 4.84. The van der Waals surface area contributed by atoms with Gasteiger partial charge in [0.25, 0.3) is 0 Å². The summed E-state index contributed by atoms with van der Waals surface area (Å²) < 4.78 is 0. The van der Waals surface area contributed by atoms with Crippen LogP contribution in [0.3, 0.4) is 0 Å². The number of hydrogen-bond donors (Lipinski definition) is 1. The molecule has 1 unspecified atom stereocenters. The van der Waals surface area contributed by atoms with Crippen LogP contribution < -0.4 is 5.32 Å². The molecule has 0 spiro atoms. The third-order valence-corrected chi connectivity index (χ3v) is 3.52. The minimum atomic E-state index is 0.448.